The quantitative estimate of drug-likeness (QED) is 0.374. The Balaban J connectivity index is 2.22. The van der Waals surface area contributed by atoms with Gasteiger partial charge in [0.05, 0.1) is 11.8 Å². The maximum atomic E-state index is 8.84. The van der Waals surface area contributed by atoms with Crippen LogP contribution in [0.4, 0.5) is 5.82 Å². The van der Waals surface area contributed by atoms with Crippen LogP contribution in [0.3, 0.4) is 0 Å². The molecule has 0 amide bonds. The van der Waals surface area contributed by atoms with E-state index >= 15 is 0 Å². The van der Waals surface area contributed by atoms with Crippen molar-refractivity contribution in [3.63, 3.8) is 0 Å². The molecule has 3 N–H and O–H groups in total. The lowest BCUT2D eigenvalue weighted by molar-refractivity contribution is 0.318. The highest BCUT2D eigenvalue weighted by molar-refractivity contribution is 6.01. The standard InChI is InChI=1S/C13H21N5O/c1-2-10-4-3-8-18(9-6-10)13-11(12(14)17-19)5-7-15-16-13/h5,7,10,19H,2-4,6,8-9H2,1H3,(H2,14,17). The zero-order valence-electron chi connectivity index (χ0n) is 11.3. The van der Waals surface area contributed by atoms with Crippen LogP contribution in [0, 0.1) is 5.92 Å². The number of amidine groups is 1. The third-order valence-corrected chi connectivity index (χ3v) is 3.81. The van der Waals surface area contributed by atoms with Gasteiger partial charge in [-0.1, -0.05) is 18.5 Å². The lowest BCUT2D eigenvalue weighted by Gasteiger charge is -2.23. The van der Waals surface area contributed by atoms with Crippen molar-refractivity contribution in [2.24, 2.45) is 16.8 Å². The van der Waals surface area contributed by atoms with Crippen LogP contribution in [-0.4, -0.2) is 34.3 Å². The smallest absolute Gasteiger partial charge is 0.173 e. The van der Waals surface area contributed by atoms with Crippen LogP contribution in [0.2, 0.25) is 0 Å². The van der Waals surface area contributed by atoms with E-state index in [0.717, 1.165) is 37.7 Å². The molecular weight excluding hydrogens is 242 g/mol. The zero-order valence-corrected chi connectivity index (χ0v) is 11.3. The van der Waals surface area contributed by atoms with Gasteiger partial charge in [-0.25, -0.2) is 0 Å². The largest absolute Gasteiger partial charge is 0.409 e. The third-order valence-electron chi connectivity index (χ3n) is 3.81. The second-order valence-electron chi connectivity index (χ2n) is 4.95. The Hall–Kier alpha value is -1.85. The van der Waals surface area contributed by atoms with Crippen molar-refractivity contribution >= 4 is 11.7 Å². The van der Waals surface area contributed by atoms with Gasteiger partial charge in [0.1, 0.15) is 0 Å². The molecule has 6 nitrogen and oxygen atoms in total. The van der Waals surface area contributed by atoms with Gasteiger partial charge in [0.15, 0.2) is 11.7 Å². The van der Waals surface area contributed by atoms with E-state index < -0.39 is 0 Å². The van der Waals surface area contributed by atoms with E-state index in [9.17, 15) is 0 Å². The SMILES string of the molecule is CCC1CCCN(c2nnccc2/C(N)=N/O)CC1. The van der Waals surface area contributed by atoms with Crippen LogP contribution in [0.5, 0.6) is 0 Å². The molecule has 1 atom stereocenters. The van der Waals surface area contributed by atoms with Crippen molar-refractivity contribution < 1.29 is 5.21 Å². The van der Waals surface area contributed by atoms with Crippen LogP contribution < -0.4 is 10.6 Å². The van der Waals surface area contributed by atoms with Crippen LogP contribution in [0.1, 0.15) is 38.2 Å². The summed E-state index contributed by atoms with van der Waals surface area (Å²) in [5.74, 6) is 1.59. The number of oxime groups is 1. The van der Waals surface area contributed by atoms with E-state index in [0.29, 0.717) is 5.56 Å². The molecule has 1 saturated heterocycles. The van der Waals surface area contributed by atoms with E-state index in [2.05, 4.69) is 27.2 Å². The minimum Gasteiger partial charge on any atom is -0.409 e. The first kappa shape index (κ1) is 13.6. The zero-order chi connectivity index (χ0) is 13.7. The minimum absolute atomic E-state index is 0.0844. The van der Waals surface area contributed by atoms with Crippen LogP contribution in [0.25, 0.3) is 0 Å². The molecule has 104 valence electrons. The first-order valence-electron chi connectivity index (χ1n) is 6.80. The molecule has 0 saturated carbocycles. The maximum Gasteiger partial charge on any atom is 0.173 e. The van der Waals surface area contributed by atoms with E-state index in [4.69, 9.17) is 10.9 Å². The van der Waals surface area contributed by atoms with Crippen molar-refractivity contribution in [2.45, 2.75) is 32.6 Å². The number of hydrogen-bond donors (Lipinski definition) is 2. The third kappa shape index (κ3) is 3.13. The lowest BCUT2D eigenvalue weighted by atomic mass is 9.98. The van der Waals surface area contributed by atoms with Crippen LogP contribution in [-0.2, 0) is 0 Å². The monoisotopic (exact) mass is 263 g/mol. The lowest BCUT2D eigenvalue weighted by Crippen LogP contribution is -2.29. The van der Waals surface area contributed by atoms with E-state index in [-0.39, 0.29) is 5.84 Å². The number of rotatable bonds is 3. The van der Waals surface area contributed by atoms with Crippen molar-refractivity contribution in [3.05, 3.63) is 17.8 Å². The molecular formula is C13H21N5O. The predicted molar refractivity (Wildman–Crippen MR) is 74.4 cm³/mol. The highest BCUT2D eigenvalue weighted by Gasteiger charge is 2.20. The van der Waals surface area contributed by atoms with Gasteiger partial charge < -0.3 is 15.8 Å². The highest BCUT2D eigenvalue weighted by atomic mass is 16.4. The number of nitrogens with zero attached hydrogens (tertiary/aromatic N) is 4. The normalized spacial score (nSPS) is 21.2. The Kier molecular flexibility index (Phi) is 4.54. The van der Waals surface area contributed by atoms with E-state index in [1.165, 1.54) is 12.8 Å². The first-order chi connectivity index (χ1) is 9.26. The molecule has 1 aromatic heterocycles. The Labute approximate surface area is 113 Å². The summed E-state index contributed by atoms with van der Waals surface area (Å²) in [7, 11) is 0. The first-order valence-corrected chi connectivity index (χ1v) is 6.80. The molecule has 1 aliphatic heterocycles. The van der Waals surface area contributed by atoms with Crippen LogP contribution in [0.15, 0.2) is 17.4 Å². The van der Waals surface area contributed by atoms with Crippen LogP contribution >= 0.6 is 0 Å². The Bertz CT molecular complexity index is 448. The Morgan fingerprint density at radius 3 is 3.11 bits per heavy atom. The van der Waals surface area contributed by atoms with E-state index in [1.807, 2.05) is 0 Å². The van der Waals surface area contributed by atoms with Gasteiger partial charge in [-0.2, -0.15) is 5.10 Å². The minimum atomic E-state index is 0.0844. The molecule has 0 radical (unpaired) electrons. The number of nitrogens with two attached hydrogens (primary N) is 1. The molecule has 1 fully saturated rings. The predicted octanol–water partition coefficient (Wildman–Crippen LogP) is 1.59. The van der Waals surface area contributed by atoms with Crippen molar-refractivity contribution in [1.82, 2.24) is 10.2 Å². The molecule has 19 heavy (non-hydrogen) atoms. The van der Waals surface area contributed by atoms with Crippen molar-refractivity contribution in [3.8, 4) is 0 Å². The van der Waals surface area contributed by atoms with Gasteiger partial charge in [-0.3, -0.25) is 0 Å². The molecule has 0 spiro atoms. The average Bonchev–Trinajstić information content (AvgIpc) is 2.71. The molecule has 1 aromatic rings. The summed E-state index contributed by atoms with van der Waals surface area (Å²) in [5.41, 5.74) is 6.35. The summed E-state index contributed by atoms with van der Waals surface area (Å²) < 4.78 is 0. The average molecular weight is 263 g/mol. The summed E-state index contributed by atoms with van der Waals surface area (Å²) in [6.07, 6.45) is 6.34. The van der Waals surface area contributed by atoms with Gasteiger partial charge in [-0.15, -0.1) is 5.10 Å². The van der Waals surface area contributed by atoms with Gasteiger partial charge in [0.25, 0.3) is 0 Å². The summed E-state index contributed by atoms with van der Waals surface area (Å²) >= 11 is 0. The molecule has 1 aliphatic rings. The fourth-order valence-corrected chi connectivity index (χ4v) is 2.60. The number of hydrogen-bond acceptors (Lipinski definition) is 5. The molecule has 0 aromatic carbocycles. The summed E-state index contributed by atoms with van der Waals surface area (Å²) in [6, 6.07) is 1.74. The molecule has 0 bridgehead atoms. The second-order valence-corrected chi connectivity index (χ2v) is 4.95. The van der Waals surface area contributed by atoms with Gasteiger partial charge in [0, 0.05) is 13.1 Å². The molecule has 0 aliphatic carbocycles. The molecule has 2 rings (SSSR count). The van der Waals surface area contributed by atoms with Gasteiger partial charge in [0.2, 0.25) is 0 Å². The number of aromatic nitrogens is 2. The topological polar surface area (TPSA) is 87.6 Å². The molecule has 6 heteroatoms. The molecule has 1 unspecified atom stereocenters. The highest BCUT2D eigenvalue weighted by Crippen LogP contribution is 2.24. The van der Waals surface area contributed by atoms with Gasteiger partial charge >= 0.3 is 0 Å². The Morgan fingerprint density at radius 1 is 1.53 bits per heavy atom. The molecule has 2 heterocycles. The maximum absolute atomic E-state index is 8.84. The summed E-state index contributed by atoms with van der Waals surface area (Å²) in [5, 5.41) is 20.0. The van der Waals surface area contributed by atoms with E-state index in [1.54, 1.807) is 12.3 Å². The van der Waals surface area contributed by atoms with Gasteiger partial charge in [-0.05, 0) is 31.2 Å². The summed E-state index contributed by atoms with van der Waals surface area (Å²) in [4.78, 5) is 2.19. The van der Waals surface area contributed by atoms with Crippen molar-refractivity contribution in [1.29, 1.82) is 0 Å². The van der Waals surface area contributed by atoms with Crippen molar-refractivity contribution in [2.75, 3.05) is 18.0 Å². The second kappa shape index (κ2) is 6.36. The number of anilines is 1. The summed E-state index contributed by atoms with van der Waals surface area (Å²) in [6.45, 7) is 4.13. The fraction of sp³-hybridized carbons (Fsp3) is 0.615. The fourth-order valence-electron chi connectivity index (χ4n) is 2.60. The Morgan fingerprint density at radius 2 is 2.37 bits per heavy atom.